The second-order valence-electron chi connectivity index (χ2n) is 10.9. The van der Waals surface area contributed by atoms with Crippen LogP contribution in [0, 0.1) is 22.5 Å². The van der Waals surface area contributed by atoms with E-state index in [0.717, 1.165) is 23.3 Å². The zero-order valence-corrected chi connectivity index (χ0v) is 21.9. The molecule has 2 aromatic rings. The molecule has 2 rings (SSSR count). The van der Waals surface area contributed by atoms with Crippen LogP contribution in [-0.2, 0) is 12.8 Å². The summed E-state index contributed by atoms with van der Waals surface area (Å²) >= 11 is 0. The molecule has 2 N–H and O–H groups in total. The Morgan fingerprint density at radius 1 is 0.618 bits per heavy atom. The first-order valence-electron chi connectivity index (χ1n) is 11.2. The molecule has 0 saturated carbocycles. The Bertz CT molecular complexity index is 751. The van der Waals surface area contributed by atoms with E-state index in [1.54, 1.807) is 0 Å². The fraction of sp³-hybridized carbons (Fsp3) is 0.500. The molecule has 0 heterocycles. The molecule has 0 spiro atoms. The number of rotatable bonds is 6. The van der Waals surface area contributed by atoms with Crippen LogP contribution in [0.2, 0.25) is 0 Å². The molecule has 4 nitrogen and oxygen atoms in total. The zero-order chi connectivity index (χ0) is 26.9. The molecule has 0 bridgehead atoms. The van der Waals surface area contributed by atoms with Crippen molar-refractivity contribution >= 4 is 12.6 Å². The van der Waals surface area contributed by atoms with E-state index >= 15 is 0 Å². The van der Waals surface area contributed by atoms with Crippen molar-refractivity contribution in [3.63, 3.8) is 0 Å². The number of aliphatic hydroxyl groups is 2. The van der Waals surface area contributed by atoms with E-state index in [1.165, 1.54) is 0 Å². The molecule has 6 heteroatoms. The normalized spacial score (nSPS) is 10.5. The first-order valence-corrected chi connectivity index (χ1v) is 11.2. The van der Waals surface area contributed by atoms with E-state index in [2.05, 4.69) is 55.4 Å². The first kappa shape index (κ1) is 33.7. The minimum atomic E-state index is -0.895. The van der Waals surface area contributed by atoms with Gasteiger partial charge in [-0.2, -0.15) is 0 Å². The summed E-state index contributed by atoms with van der Waals surface area (Å²) in [4.78, 5) is 20.4. The van der Waals surface area contributed by atoms with Crippen molar-refractivity contribution in [2.24, 2.45) is 10.8 Å². The van der Waals surface area contributed by atoms with E-state index in [9.17, 15) is 18.4 Å². The maximum absolute atomic E-state index is 12.7. The van der Waals surface area contributed by atoms with Crippen molar-refractivity contribution in [1.29, 1.82) is 0 Å². The highest BCUT2D eigenvalue weighted by Crippen LogP contribution is 2.13. The second kappa shape index (κ2) is 17.1. The predicted octanol–water partition coefficient (Wildman–Crippen LogP) is 6.45. The summed E-state index contributed by atoms with van der Waals surface area (Å²) < 4.78 is 25.3. The number of hydrogen-bond donors (Lipinski definition) is 2. The van der Waals surface area contributed by atoms with Crippen LogP contribution >= 0.6 is 0 Å². The van der Waals surface area contributed by atoms with Gasteiger partial charge in [0.2, 0.25) is 0 Å². The Kier molecular flexibility index (Phi) is 16.9. The highest BCUT2D eigenvalue weighted by molar-refractivity contribution is 5.90. The molecule has 0 aliphatic carbocycles. The molecule has 0 fully saturated rings. The Morgan fingerprint density at radius 3 is 1.03 bits per heavy atom. The molecule has 0 aliphatic heterocycles. The van der Waals surface area contributed by atoms with Crippen molar-refractivity contribution in [2.45, 2.75) is 68.2 Å². The molecule has 2 aromatic carbocycles. The molecule has 0 unspecified atom stereocenters. The summed E-state index contributed by atoms with van der Waals surface area (Å²) in [5.41, 5.74) is 2.20. The lowest BCUT2D eigenvalue weighted by Gasteiger charge is -2.05. The van der Waals surface area contributed by atoms with Gasteiger partial charge in [-0.25, -0.2) is 8.78 Å². The average molecular weight is 481 g/mol. The molecule has 192 valence electrons. The Balaban J connectivity index is 0. The largest absolute Gasteiger partial charge is 0.396 e. The highest BCUT2D eigenvalue weighted by atomic mass is 19.1. The smallest absolute Gasteiger partial charge is 0.153 e. The minimum absolute atomic E-state index is 0.113. The first-order chi connectivity index (χ1) is 15.6. The Morgan fingerprint density at radius 2 is 0.853 bits per heavy atom. The number of carbonyl (C=O) groups is 2. The van der Waals surface area contributed by atoms with Crippen LogP contribution in [0.1, 0.15) is 87.2 Å². The van der Waals surface area contributed by atoms with Crippen LogP contribution in [0.25, 0.3) is 0 Å². The quantitative estimate of drug-likeness (QED) is 0.466. The molecule has 0 aromatic heterocycles. The summed E-state index contributed by atoms with van der Waals surface area (Å²) in [6.07, 6.45) is 1.64. The molecule has 0 radical (unpaired) electrons. The number of carbonyl (C=O) groups excluding carboxylic acids is 2. The number of aldehydes is 2. The second-order valence-corrected chi connectivity index (χ2v) is 10.9. The van der Waals surface area contributed by atoms with Crippen LogP contribution in [0.3, 0.4) is 0 Å². The molecule has 34 heavy (non-hydrogen) atoms. The number of halogens is 2. The standard InChI is InChI=1S/C10H14O2.C8H4F2O2.2C5H12/c11-7-5-9-1-2-10(4-3-9)6-8-12;9-7-1-2-8(10)6(4-12)5(7)3-11;2*1-5(2,3)4/h1-4,11-12H,5-8H2;1-4H;2*1-4H3. The van der Waals surface area contributed by atoms with Gasteiger partial charge in [-0.15, -0.1) is 0 Å². The van der Waals surface area contributed by atoms with E-state index in [4.69, 9.17) is 10.2 Å². The van der Waals surface area contributed by atoms with Crippen molar-refractivity contribution < 1.29 is 28.6 Å². The lowest BCUT2D eigenvalue weighted by Crippen LogP contribution is -1.98. The lowest BCUT2D eigenvalue weighted by atomic mass is 10.0. The number of hydrogen-bond acceptors (Lipinski definition) is 4. The molecular formula is C28H42F2O4. The summed E-state index contributed by atoms with van der Waals surface area (Å²) in [6.45, 7) is 17.9. The molecule has 0 atom stereocenters. The molecular weight excluding hydrogens is 438 g/mol. The van der Waals surface area contributed by atoms with Crippen molar-refractivity contribution in [3.8, 4) is 0 Å². The fourth-order valence-corrected chi connectivity index (χ4v) is 1.95. The van der Waals surface area contributed by atoms with E-state index < -0.39 is 22.8 Å². The lowest BCUT2D eigenvalue weighted by molar-refractivity contribution is 0.108. The number of aliphatic hydroxyl groups excluding tert-OH is 2. The number of benzene rings is 2. The van der Waals surface area contributed by atoms with Crippen molar-refractivity contribution in [1.82, 2.24) is 0 Å². The average Bonchev–Trinajstić information content (AvgIpc) is 2.69. The van der Waals surface area contributed by atoms with Crippen LogP contribution in [0.4, 0.5) is 8.78 Å². The topological polar surface area (TPSA) is 74.6 Å². The van der Waals surface area contributed by atoms with E-state index in [-0.39, 0.29) is 25.8 Å². The Labute approximate surface area is 204 Å². The van der Waals surface area contributed by atoms with Gasteiger partial charge in [0.05, 0.1) is 11.1 Å². The third-order valence-corrected chi connectivity index (χ3v) is 3.24. The van der Waals surface area contributed by atoms with Crippen LogP contribution in [0.15, 0.2) is 36.4 Å². The van der Waals surface area contributed by atoms with E-state index in [1.807, 2.05) is 24.3 Å². The van der Waals surface area contributed by atoms with Crippen molar-refractivity contribution in [3.05, 3.63) is 70.3 Å². The van der Waals surface area contributed by atoms with Crippen LogP contribution < -0.4 is 0 Å². The maximum atomic E-state index is 12.7. The fourth-order valence-electron chi connectivity index (χ4n) is 1.95. The summed E-state index contributed by atoms with van der Waals surface area (Å²) in [5, 5.41) is 17.3. The zero-order valence-electron chi connectivity index (χ0n) is 21.9. The van der Waals surface area contributed by atoms with Gasteiger partial charge in [0.25, 0.3) is 0 Å². The Hall–Kier alpha value is -2.44. The van der Waals surface area contributed by atoms with Gasteiger partial charge >= 0.3 is 0 Å². The minimum Gasteiger partial charge on any atom is -0.396 e. The highest BCUT2D eigenvalue weighted by Gasteiger charge is 2.11. The van der Waals surface area contributed by atoms with Crippen LogP contribution in [0.5, 0.6) is 0 Å². The molecule has 0 amide bonds. The summed E-state index contributed by atoms with van der Waals surface area (Å²) in [5.74, 6) is -1.79. The maximum Gasteiger partial charge on any atom is 0.153 e. The van der Waals surface area contributed by atoms with Gasteiger partial charge in [0.15, 0.2) is 12.6 Å². The van der Waals surface area contributed by atoms with Gasteiger partial charge in [0, 0.05) is 13.2 Å². The summed E-state index contributed by atoms with van der Waals surface area (Å²) in [6, 6.07) is 9.54. The predicted molar refractivity (Wildman–Crippen MR) is 135 cm³/mol. The monoisotopic (exact) mass is 480 g/mol. The van der Waals surface area contributed by atoms with Crippen molar-refractivity contribution in [2.75, 3.05) is 13.2 Å². The van der Waals surface area contributed by atoms with E-state index in [0.29, 0.717) is 23.7 Å². The third kappa shape index (κ3) is 20.2. The van der Waals surface area contributed by atoms with Gasteiger partial charge in [-0.3, -0.25) is 9.59 Å². The van der Waals surface area contributed by atoms with Crippen LogP contribution in [-0.4, -0.2) is 36.0 Å². The van der Waals surface area contributed by atoms with Gasteiger partial charge in [0.1, 0.15) is 11.6 Å². The van der Waals surface area contributed by atoms with Gasteiger partial charge in [-0.05, 0) is 46.9 Å². The summed E-state index contributed by atoms with van der Waals surface area (Å²) in [7, 11) is 0. The van der Waals surface area contributed by atoms with Gasteiger partial charge in [-0.1, -0.05) is 79.7 Å². The third-order valence-electron chi connectivity index (χ3n) is 3.24. The molecule has 0 saturated heterocycles. The van der Waals surface area contributed by atoms with Gasteiger partial charge < -0.3 is 10.2 Å². The molecule has 0 aliphatic rings. The SMILES string of the molecule is CC(C)(C)C.CC(C)(C)C.O=Cc1c(F)ccc(F)c1C=O.OCCc1ccc(CCO)cc1.